The predicted molar refractivity (Wildman–Crippen MR) is 31.8 cm³/mol. The van der Waals surface area contributed by atoms with Crippen LogP contribution in [0, 0.1) is 0 Å². The summed E-state index contributed by atoms with van der Waals surface area (Å²) in [6.07, 6.45) is 3.92. The van der Waals surface area contributed by atoms with E-state index in [0.717, 1.165) is 5.65 Å². The Hall–Kier alpha value is -0.830. The first kappa shape index (κ1) is 4.09. The SMILES string of the molecule is c1c[n+]2sccc2[nH]1. The summed E-state index contributed by atoms with van der Waals surface area (Å²) in [6.45, 7) is 0. The fourth-order valence-corrected chi connectivity index (χ4v) is 1.39. The standard InChI is InChI=1S/C5H4N2S/c1-4-8-7-3-2-6-5(1)7/h1-4H/p+1. The van der Waals surface area contributed by atoms with Crippen LogP contribution in [-0.4, -0.2) is 4.98 Å². The predicted octanol–water partition coefficient (Wildman–Crippen LogP) is 0.815. The Morgan fingerprint density at radius 2 is 2.62 bits per heavy atom. The summed E-state index contributed by atoms with van der Waals surface area (Å²) < 4.78 is 2.07. The zero-order valence-corrected chi connectivity index (χ0v) is 4.98. The first-order valence-corrected chi connectivity index (χ1v) is 3.23. The van der Waals surface area contributed by atoms with E-state index in [1.807, 2.05) is 23.8 Å². The first-order valence-electron chi connectivity index (χ1n) is 2.39. The van der Waals surface area contributed by atoms with Gasteiger partial charge in [-0.15, -0.1) is 3.79 Å². The summed E-state index contributed by atoms with van der Waals surface area (Å²) >= 11 is 1.68. The van der Waals surface area contributed by atoms with Crippen LogP contribution in [0.2, 0.25) is 0 Å². The van der Waals surface area contributed by atoms with Crippen molar-refractivity contribution in [1.82, 2.24) is 4.98 Å². The molecule has 2 aromatic rings. The zero-order chi connectivity index (χ0) is 5.40. The highest BCUT2D eigenvalue weighted by Crippen LogP contribution is 1.94. The van der Waals surface area contributed by atoms with E-state index in [0.29, 0.717) is 0 Å². The largest absolute Gasteiger partial charge is 0.296 e. The molecular formula is C5H5N2S+. The lowest BCUT2D eigenvalue weighted by molar-refractivity contribution is -0.429. The van der Waals surface area contributed by atoms with E-state index in [4.69, 9.17) is 0 Å². The summed E-state index contributed by atoms with van der Waals surface area (Å²) in [5.74, 6) is 0. The summed E-state index contributed by atoms with van der Waals surface area (Å²) in [5.41, 5.74) is 1.16. The smallest absolute Gasteiger partial charge is 0.243 e. The molecule has 0 aliphatic heterocycles. The van der Waals surface area contributed by atoms with Crippen molar-refractivity contribution in [3.63, 3.8) is 0 Å². The van der Waals surface area contributed by atoms with Gasteiger partial charge in [-0.05, 0) is 0 Å². The first-order chi connectivity index (χ1) is 3.97. The van der Waals surface area contributed by atoms with Crippen molar-refractivity contribution >= 4 is 17.2 Å². The molecule has 2 rings (SSSR count). The number of nitrogens with zero attached hydrogens (tertiary/aromatic N) is 1. The van der Waals surface area contributed by atoms with Crippen LogP contribution in [0.25, 0.3) is 5.65 Å². The molecule has 0 aliphatic carbocycles. The third-order valence-corrected chi connectivity index (χ3v) is 1.88. The monoisotopic (exact) mass is 125 g/mol. The molecule has 2 heterocycles. The summed E-state index contributed by atoms with van der Waals surface area (Å²) in [6, 6.07) is 2.05. The number of aromatic amines is 1. The van der Waals surface area contributed by atoms with Gasteiger partial charge in [0.2, 0.25) is 0 Å². The Morgan fingerprint density at radius 1 is 1.62 bits per heavy atom. The second-order valence-electron chi connectivity index (χ2n) is 1.58. The van der Waals surface area contributed by atoms with Gasteiger partial charge in [0.05, 0.1) is 0 Å². The highest BCUT2D eigenvalue weighted by atomic mass is 32.1. The van der Waals surface area contributed by atoms with Gasteiger partial charge >= 0.3 is 0 Å². The topological polar surface area (TPSA) is 19.9 Å². The van der Waals surface area contributed by atoms with Crippen LogP contribution in [-0.2, 0) is 0 Å². The van der Waals surface area contributed by atoms with E-state index < -0.39 is 0 Å². The summed E-state index contributed by atoms with van der Waals surface area (Å²) in [7, 11) is 0. The minimum Gasteiger partial charge on any atom is -0.243 e. The normalized spacial score (nSPS) is 10.5. The maximum absolute atomic E-state index is 3.07. The number of rotatable bonds is 0. The van der Waals surface area contributed by atoms with Crippen molar-refractivity contribution in [2.45, 2.75) is 0 Å². The molecule has 0 aromatic carbocycles. The minimum atomic E-state index is 1.16. The van der Waals surface area contributed by atoms with Crippen molar-refractivity contribution in [3.8, 4) is 0 Å². The molecule has 0 fully saturated rings. The Bertz CT molecular complexity index is 232. The Balaban J connectivity index is 3.06. The molecule has 0 spiro atoms. The Kier molecular flexibility index (Phi) is 0.676. The number of imidazole rings is 1. The van der Waals surface area contributed by atoms with Gasteiger partial charge in [0.1, 0.15) is 12.4 Å². The van der Waals surface area contributed by atoms with Crippen molar-refractivity contribution in [1.29, 1.82) is 0 Å². The minimum absolute atomic E-state index is 1.16. The Morgan fingerprint density at radius 3 is 3.50 bits per heavy atom. The molecule has 2 nitrogen and oxygen atoms in total. The molecule has 0 radical (unpaired) electrons. The fraction of sp³-hybridized carbons (Fsp3) is 0. The fourth-order valence-electron chi connectivity index (χ4n) is 0.708. The zero-order valence-electron chi connectivity index (χ0n) is 4.16. The molecule has 40 valence electrons. The van der Waals surface area contributed by atoms with Crippen LogP contribution in [0.1, 0.15) is 0 Å². The molecule has 0 unspecified atom stereocenters. The number of fused-ring (bicyclic) bond motifs is 1. The number of hydrogen-bond acceptors (Lipinski definition) is 1. The second kappa shape index (κ2) is 1.32. The van der Waals surface area contributed by atoms with Crippen LogP contribution >= 0.6 is 11.5 Å². The highest BCUT2D eigenvalue weighted by Gasteiger charge is 1.97. The quantitative estimate of drug-likeness (QED) is 0.503. The lowest BCUT2D eigenvalue weighted by Crippen LogP contribution is -2.07. The number of H-pyrrole nitrogens is 1. The molecule has 8 heavy (non-hydrogen) atoms. The third-order valence-electron chi connectivity index (χ3n) is 1.08. The van der Waals surface area contributed by atoms with Gasteiger partial charge in [-0.25, -0.2) is 4.98 Å². The van der Waals surface area contributed by atoms with Crippen LogP contribution in [0.4, 0.5) is 0 Å². The highest BCUT2D eigenvalue weighted by molar-refractivity contribution is 6.99. The number of nitrogens with one attached hydrogen (secondary N) is 1. The molecule has 0 saturated carbocycles. The van der Waals surface area contributed by atoms with E-state index >= 15 is 0 Å². The van der Waals surface area contributed by atoms with Gasteiger partial charge in [-0.2, -0.15) is 0 Å². The van der Waals surface area contributed by atoms with E-state index in [1.165, 1.54) is 0 Å². The van der Waals surface area contributed by atoms with Crippen LogP contribution < -0.4 is 3.79 Å². The van der Waals surface area contributed by atoms with E-state index in [-0.39, 0.29) is 0 Å². The van der Waals surface area contributed by atoms with Crippen molar-refractivity contribution in [2.75, 3.05) is 0 Å². The summed E-state index contributed by atoms with van der Waals surface area (Å²) in [5, 5.41) is 2.05. The molecule has 0 amide bonds. The average molecular weight is 125 g/mol. The number of hydrogen-bond donors (Lipinski definition) is 1. The number of aromatic nitrogens is 2. The molecule has 0 atom stereocenters. The van der Waals surface area contributed by atoms with Crippen molar-refractivity contribution in [3.05, 3.63) is 23.8 Å². The van der Waals surface area contributed by atoms with Crippen LogP contribution in [0.3, 0.4) is 0 Å². The van der Waals surface area contributed by atoms with Crippen molar-refractivity contribution < 1.29 is 3.79 Å². The van der Waals surface area contributed by atoms with Crippen molar-refractivity contribution in [2.24, 2.45) is 0 Å². The van der Waals surface area contributed by atoms with Gasteiger partial charge in [-0.1, -0.05) is 0 Å². The lowest BCUT2D eigenvalue weighted by atomic mass is 10.7. The molecule has 0 saturated heterocycles. The third kappa shape index (κ3) is 0.391. The van der Waals surface area contributed by atoms with E-state index in [1.54, 1.807) is 11.5 Å². The van der Waals surface area contributed by atoms with Gasteiger partial charge < -0.3 is 0 Å². The molecular weight excluding hydrogens is 120 g/mol. The molecule has 1 N–H and O–H groups in total. The Labute approximate surface area is 50.6 Å². The lowest BCUT2D eigenvalue weighted by Gasteiger charge is -1.60. The maximum Gasteiger partial charge on any atom is 0.296 e. The van der Waals surface area contributed by atoms with Crippen LogP contribution in [0.15, 0.2) is 23.8 Å². The summed E-state index contributed by atoms with van der Waals surface area (Å²) in [4.78, 5) is 3.07. The van der Waals surface area contributed by atoms with Crippen LogP contribution in [0.5, 0.6) is 0 Å². The van der Waals surface area contributed by atoms with E-state index in [9.17, 15) is 0 Å². The molecule has 0 aliphatic rings. The molecule has 3 heteroatoms. The van der Waals surface area contributed by atoms with Gasteiger partial charge in [0.15, 0.2) is 0 Å². The molecule has 0 bridgehead atoms. The second-order valence-corrected chi connectivity index (χ2v) is 2.46. The maximum atomic E-state index is 3.07. The van der Waals surface area contributed by atoms with E-state index in [2.05, 4.69) is 8.77 Å². The average Bonchev–Trinajstić information content (AvgIpc) is 2.15. The van der Waals surface area contributed by atoms with Gasteiger partial charge in [0.25, 0.3) is 5.65 Å². The van der Waals surface area contributed by atoms with Gasteiger partial charge in [0, 0.05) is 23.0 Å². The van der Waals surface area contributed by atoms with Gasteiger partial charge in [-0.3, -0.25) is 0 Å². The molecule has 2 aromatic heterocycles.